The molecule has 0 aliphatic heterocycles. The van der Waals surface area contributed by atoms with Crippen LogP contribution in [0.15, 0.2) is 0 Å². The fourth-order valence-corrected chi connectivity index (χ4v) is 3.36. The first-order valence-corrected chi connectivity index (χ1v) is 6.90. The van der Waals surface area contributed by atoms with E-state index >= 15 is 0 Å². The minimum absolute atomic E-state index is 0.221. The molecule has 0 aromatic rings. The molecule has 0 saturated heterocycles. The van der Waals surface area contributed by atoms with Gasteiger partial charge in [0, 0.05) is 12.0 Å². The van der Waals surface area contributed by atoms with Crippen molar-refractivity contribution in [2.75, 3.05) is 0 Å². The van der Waals surface area contributed by atoms with Gasteiger partial charge < -0.3 is 5.32 Å². The van der Waals surface area contributed by atoms with E-state index < -0.39 is 0 Å². The van der Waals surface area contributed by atoms with Crippen LogP contribution in [0, 0.1) is 11.3 Å². The first-order chi connectivity index (χ1) is 7.59. The number of hydrogen-bond donors (Lipinski definition) is 1. The quantitative estimate of drug-likeness (QED) is 0.765. The summed E-state index contributed by atoms with van der Waals surface area (Å²) >= 11 is 0. The predicted octanol–water partition coefficient (Wildman–Crippen LogP) is 3.26. The van der Waals surface area contributed by atoms with Crippen LogP contribution in [0.2, 0.25) is 0 Å². The number of nitrogens with one attached hydrogen (secondary N) is 1. The molecule has 0 spiro atoms. The monoisotopic (exact) mass is 223 g/mol. The average Bonchev–Trinajstić information content (AvgIpc) is 2.59. The molecule has 1 amide bonds. The summed E-state index contributed by atoms with van der Waals surface area (Å²) in [6.45, 7) is 4.48. The van der Waals surface area contributed by atoms with Gasteiger partial charge in [-0.05, 0) is 31.1 Å². The van der Waals surface area contributed by atoms with Crippen molar-refractivity contribution >= 4 is 5.91 Å². The van der Waals surface area contributed by atoms with Gasteiger partial charge in [-0.2, -0.15) is 0 Å². The highest BCUT2D eigenvalue weighted by atomic mass is 16.2. The lowest BCUT2D eigenvalue weighted by Gasteiger charge is -2.29. The number of amides is 1. The Morgan fingerprint density at radius 3 is 2.31 bits per heavy atom. The Bertz CT molecular complexity index is 253. The lowest BCUT2D eigenvalue weighted by atomic mass is 9.81. The Kier molecular flexibility index (Phi) is 3.56. The highest BCUT2D eigenvalue weighted by molar-refractivity contribution is 5.80. The maximum absolute atomic E-state index is 12.2. The van der Waals surface area contributed by atoms with Crippen LogP contribution in [0.4, 0.5) is 0 Å². The van der Waals surface area contributed by atoms with Gasteiger partial charge in [-0.25, -0.2) is 0 Å². The third kappa shape index (κ3) is 2.58. The van der Waals surface area contributed by atoms with Crippen molar-refractivity contribution in [2.24, 2.45) is 11.3 Å². The largest absolute Gasteiger partial charge is 0.353 e. The van der Waals surface area contributed by atoms with Crippen LogP contribution in [0.3, 0.4) is 0 Å². The Hall–Kier alpha value is -0.530. The topological polar surface area (TPSA) is 29.1 Å². The van der Waals surface area contributed by atoms with E-state index in [4.69, 9.17) is 0 Å². The van der Waals surface area contributed by atoms with Crippen LogP contribution in [0.5, 0.6) is 0 Å². The van der Waals surface area contributed by atoms with Crippen LogP contribution in [-0.2, 0) is 4.79 Å². The maximum atomic E-state index is 12.2. The van der Waals surface area contributed by atoms with Gasteiger partial charge in [-0.1, -0.05) is 39.5 Å². The van der Waals surface area contributed by atoms with E-state index in [1.807, 2.05) is 0 Å². The summed E-state index contributed by atoms with van der Waals surface area (Å²) in [7, 11) is 0. The highest BCUT2D eigenvalue weighted by Crippen LogP contribution is 2.42. The zero-order valence-electron chi connectivity index (χ0n) is 10.7. The molecule has 2 aliphatic carbocycles. The molecule has 0 bridgehead atoms. The summed E-state index contributed by atoms with van der Waals surface area (Å²) < 4.78 is 0. The molecule has 0 heterocycles. The summed E-state index contributed by atoms with van der Waals surface area (Å²) in [5.74, 6) is 0.587. The molecule has 16 heavy (non-hydrogen) atoms. The van der Waals surface area contributed by atoms with Gasteiger partial charge in [0.15, 0.2) is 0 Å². The van der Waals surface area contributed by atoms with E-state index in [1.165, 1.54) is 44.9 Å². The number of carbonyl (C=O) groups excluding carboxylic acids is 1. The summed E-state index contributed by atoms with van der Waals surface area (Å²) in [5, 5.41) is 3.28. The number of hydrogen-bond acceptors (Lipinski definition) is 1. The Morgan fingerprint density at radius 1 is 1.06 bits per heavy atom. The summed E-state index contributed by atoms with van der Waals surface area (Å²) in [6, 6.07) is 0.470. The minimum atomic E-state index is 0.221. The first-order valence-electron chi connectivity index (χ1n) is 6.90. The molecule has 0 aromatic carbocycles. The summed E-state index contributed by atoms with van der Waals surface area (Å²) in [6.07, 6.45) is 9.83. The molecule has 92 valence electrons. The lowest BCUT2D eigenvalue weighted by molar-refractivity contribution is -0.128. The second-order valence-electron chi connectivity index (χ2n) is 6.28. The van der Waals surface area contributed by atoms with Gasteiger partial charge in [-0.15, -0.1) is 0 Å². The van der Waals surface area contributed by atoms with Crippen molar-refractivity contribution in [3.8, 4) is 0 Å². The zero-order chi connectivity index (χ0) is 11.6. The van der Waals surface area contributed by atoms with E-state index in [0.717, 1.165) is 6.42 Å². The van der Waals surface area contributed by atoms with Crippen molar-refractivity contribution in [1.82, 2.24) is 5.32 Å². The molecule has 2 aliphatic rings. The standard InChI is InChI=1S/C14H25NO/c1-14(2)10-6-9-12(14)13(16)15-11-7-4-3-5-8-11/h11-12H,3-10H2,1-2H3,(H,15,16). The van der Waals surface area contributed by atoms with Crippen LogP contribution in [-0.4, -0.2) is 11.9 Å². The van der Waals surface area contributed by atoms with Gasteiger partial charge >= 0.3 is 0 Å². The van der Waals surface area contributed by atoms with Crippen molar-refractivity contribution in [1.29, 1.82) is 0 Å². The molecule has 2 heteroatoms. The fraction of sp³-hybridized carbons (Fsp3) is 0.929. The predicted molar refractivity (Wildman–Crippen MR) is 66.1 cm³/mol. The maximum Gasteiger partial charge on any atom is 0.223 e. The van der Waals surface area contributed by atoms with Crippen molar-refractivity contribution in [3.05, 3.63) is 0 Å². The molecule has 1 atom stereocenters. The van der Waals surface area contributed by atoms with Gasteiger partial charge in [0.05, 0.1) is 0 Å². The van der Waals surface area contributed by atoms with Crippen LogP contribution >= 0.6 is 0 Å². The van der Waals surface area contributed by atoms with Crippen LogP contribution in [0.1, 0.15) is 65.2 Å². The van der Waals surface area contributed by atoms with Gasteiger partial charge in [0.1, 0.15) is 0 Å². The smallest absolute Gasteiger partial charge is 0.223 e. The molecule has 2 saturated carbocycles. The third-order valence-corrected chi connectivity index (χ3v) is 4.53. The third-order valence-electron chi connectivity index (χ3n) is 4.53. The second kappa shape index (κ2) is 4.77. The van der Waals surface area contributed by atoms with E-state index in [2.05, 4.69) is 19.2 Å². The van der Waals surface area contributed by atoms with Crippen LogP contribution in [0.25, 0.3) is 0 Å². The Labute approximate surface area is 99.2 Å². The van der Waals surface area contributed by atoms with Crippen molar-refractivity contribution in [2.45, 2.75) is 71.3 Å². The number of rotatable bonds is 2. The average molecular weight is 223 g/mol. The fourth-order valence-electron chi connectivity index (χ4n) is 3.36. The molecule has 2 rings (SSSR count). The van der Waals surface area contributed by atoms with Gasteiger partial charge in [0.25, 0.3) is 0 Å². The van der Waals surface area contributed by atoms with E-state index in [9.17, 15) is 4.79 Å². The molecule has 0 radical (unpaired) electrons. The van der Waals surface area contributed by atoms with Gasteiger partial charge in [-0.3, -0.25) is 4.79 Å². The van der Waals surface area contributed by atoms with E-state index in [1.54, 1.807) is 0 Å². The van der Waals surface area contributed by atoms with E-state index in [0.29, 0.717) is 11.9 Å². The molecule has 0 aromatic heterocycles. The summed E-state index contributed by atoms with van der Waals surface area (Å²) in [5.41, 5.74) is 0.221. The minimum Gasteiger partial charge on any atom is -0.353 e. The van der Waals surface area contributed by atoms with E-state index in [-0.39, 0.29) is 11.3 Å². The SMILES string of the molecule is CC1(C)CCCC1C(=O)NC1CCCCC1. The molecule has 2 fully saturated rings. The van der Waals surface area contributed by atoms with Gasteiger partial charge in [0.2, 0.25) is 5.91 Å². The molecule has 1 unspecified atom stereocenters. The molecule has 2 nitrogen and oxygen atoms in total. The second-order valence-corrected chi connectivity index (χ2v) is 6.28. The first kappa shape index (κ1) is 11.9. The Balaban J connectivity index is 1.87. The lowest BCUT2D eigenvalue weighted by Crippen LogP contribution is -2.42. The molecule has 1 N–H and O–H groups in total. The van der Waals surface area contributed by atoms with Crippen molar-refractivity contribution in [3.63, 3.8) is 0 Å². The normalized spacial score (nSPS) is 30.2. The Morgan fingerprint density at radius 2 is 1.75 bits per heavy atom. The zero-order valence-corrected chi connectivity index (χ0v) is 10.7. The summed E-state index contributed by atoms with van der Waals surface area (Å²) in [4.78, 5) is 12.2. The van der Waals surface area contributed by atoms with Crippen molar-refractivity contribution < 1.29 is 4.79 Å². The molecular weight excluding hydrogens is 198 g/mol. The number of carbonyl (C=O) groups is 1. The van der Waals surface area contributed by atoms with Crippen LogP contribution < -0.4 is 5.32 Å². The highest BCUT2D eigenvalue weighted by Gasteiger charge is 2.39. The molecular formula is C14H25NO.